The van der Waals surface area contributed by atoms with Gasteiger partial charge in [0.15, 0.2) is 0 Å². The fourth-order valence-corrected chi connectivity index (χ4v) is 3.56. The summed E-state index contributed by atoms with van der Waals surface area (Å²) in [5.41, 5.74) is 0.116. The zero-order valence-electron chi connectivity index (χ0n) is 17.3. The number of aromatic nitrogens is 1. The summed E-state index contributed by atoms with van der Waals surface area (Å²) in [6.07, 6.45) is 4.96. The third-order valence-electron chi connectivity index (χ3n) is 5.18. The van der Waals surface area contributed by atoms with Gasteiger partial charge in [-0.25, -0.2) is 10.0 Å². The van der Waals surface area contributed by atoms with Crippen molar-refractivity contribution in [1.82, 2.24) is 4.98 Å². The van der Waals surface area contributed by atoms with Gasteiger partial charge in [0.25, 0.3) is 11.8 Å². The molecule has 0 saturated carbocycles. The summed E-state index contributed by atoms with van der Waals surface area (Å²) in [5, 5.41) is 11.5. The molecule has 156 valence electrons. The Morgan fingerprint density at radius 2 is 1.32 bits per heavy atom. The highest BCUT2D eigenvalue weighted by atomic mass is 16.2. The van der Waals surface area contributed by atoms with Crippen LogP contribution < -0.4 is 10.0 Å². The molecule has 2 amide bonds. The second-order valence-electron chi connectivity index (χ2n) is 7.27. The lowest BCUT2D eigenvalue weighted by molar-refractivity contribution is -0.129. The quantitative estimate of drug-likeness (QED) is 0.400. The van der Waals surface area contributed by atoms with Gasteiger partial charge in [0, 0.05) is 12.4 Å². The fourth-order valence-electron chi connectivity index (χ4n) is 3.56. The molecule has 0 bridgehead atoms. The summed E-state index contributed by atoms with van der Waals surface area (Å²) in [7, 11) is 0. The summed E-state index contributed by atoms with van der Waals surface area (Å²) >= 11 is 0. The summed E-state index contributed by atoms with van der Waals surface area (Å²) in [6, 6.07) is 21.7. The number of carbonyl (C=O) groups excluding carboxylic acids is 2. The van der Waals surface area contributed by atoms with Crippen LogP contribution in [0.4, 0.5) is 17.1 Å². The number of benzene rings is 2. The van der Waals surface area contributed by atoms with Crippen LogP contribution in [0.25, 0.3) is 0 Å². The molecule has 31 heavy (non-hydrogen) atoms. The Balaban J connectivity index is 1.85. The average molecular weight is 413 g/mol. The van der Waals surface area contributed by atoms with Crippen molar-refractivity contribution in [3.05, 3.63) is 85.2 Å². The Hall–Kier alpha value is -3.87. The first kappa shape index (κ1) is 20.4. The minimum absolute atomic E-state index is 0.280. The molecule has 1 aliphatic heterocycles. The molecule has 0 N–H and O–H groups in total. The molecule has 0 spiro atoms. The van der Waals surface area contributed by atoms with Gasteiger partial charge in [-0.05, 0) is 42.8 Å². The molecule has 7 nitrogen and oxygen atoms in total. The third-order valence-corrected chi connectivity index (χ3v) is 5.18. The minimum atomic E-state index is -1.62. The van der Waals surface area contributed by atoms with Gasteiger partial charge < -0.3 is 0 Å². The second kappa shape index (κ2) is 8.87. The molecule has 4 rings (SSSR count). The predicted molar refractivity (Wildman–Crippen MR) is 119 cm³/mol. The maximum absolute atomic E-state index is 13.8. The van der Waals surface area contributed by atoms with E-state index in [2.05, 4.69) is 15.2 Å². The number of nitrogens with zero attached hydrogens (tertiary/aromatic N) is 5. The maximum Gasteiger partial charge on any atom is 0.285 e. The number of pyridine rings is 1. The van der Waals surface area contributed by atoms with Gasteiger partial charge in [0.05, 0.1) is 17.1 Å². The highest BCUT2D eigenvalue weighted by molar-refractivity contribution is 6.29. The first-order chi connectivity index (χ1) is 15.2. The van der Waals surface area contributed by atoms with Crippen LogP contribution in [0.2, 0.25) is 0 Å². The van der Waals surface area contributed by atoms with Crippen LogP contribution in [-0.2, 0) is 9.59 Å². The first-order valence-corrected chi connectivity index (χ1v) is 10.3. The van der Waals surface area contributed by atoms with E-state index in [1.165, 1.54) is 10.0 Å². The molecule has 0 unspecified atom stereocenters. The predicted octanol–water partition coefficient (Wildman–Crippen LogP) is 5.09. The monoisotopic (exact) mass is 413 g/mol. The number of anilines is 2. The van der Waals surface area contributed by atoms with Crippen LogP contribution in [0.5, 0.6) is 0 Å². The molecule has 2 aromatic carbocycles. The average Bonchev–Trinajstić information content (AvgIpc) is 3.05. The Morgan fingerprint density at radius 1 is 0.806 bits per heavy atom. The molecule has 1 saturated heterocycles. The molecule has 0 atom stereocenters. The lowest BCUT2D eigenvalue weighted by atomic mass is 9.92. The number of amides is 2. The minimum Gasteiger partial charge on any atom is -0.269 e. The van der Waals surface area contributed by atoms with Crippen LogP contribution in [0.3, 0.4) is 0 Å². The van der Waals surface area contributed by atoms with Gasteiger partial charge in [0.1, 0.15) is 0 Å². The van der Waals surface area contributed by atoms with Gasteiger partial charge >= 0.3 is 0 Å². The number of carbonyl (C=O) groups is 2. The van der Waals surface area contributed by atoms with Crippen LogP contribution >= 0.6 is 0 Å². The molecule has 1 aromatic heterocycles. The maximum atomic E-state index is 13.8. The SMILES string of the molecule is CCCCC1(N=Nc2ccncc2)C(=O)N(c2ccccc2)N(c2ccccc2)C1=O. The Labute approximate surface area is 181 Å². The summed E-state index contributed by atoms with van der Waals surface area (Å²) in [6.45, 7) is 2.02. The van der Waals surface area contributed by atoms with E-state index in [1.54, 1.807) is 48.8 Å². The number of hydrogen-bond donors (Lipinski definition) is 0. The van der Waals surface area contributed by atoms with E-state index in [9.17, 15) is 9.59 Å². The van der Waals surface area contributed by atoms with Gasteiger partial charge in [-0.15, -0.1) is 0 Å². The van der Waals surface area contributed by atoms with Crippen molar-refractivity contribution in [3.8, 4) is 0 Å². The van der Waals surface area contributed by atoms with Crippen LogP contribution in [0.1, 0.15) is 26.2 Å². The molecule has 1 fully saturated rings. The van der Waals surface area contributed by atoms with Gasteiger partial charge in [-0.2, -0.15) is 10.2 Å². The lowest BCUT2D eigenvalue weighted by Crippen LogP contribution is -2.42. The summed E-state index contributed by atoms with van der Waals surface area (Å²) in [5.74, 6) is -0.808. The molecule has 3 aromatic rings. The smallest absolute Gasteiger partial charge is 0.269 e. The van der Waals surface area contributed by atoms with Crippen LogP contribution in [0.15, 0.2) is 95.4 Å². The topological polar surface area (TPSA) is 78.2 Å². The molecule has 0 aliphatic carbocycles. The van der Waals surface area contributed by atoms with Gasteiger partial charge in [-0.1, -0.05) is 56.2 Å². The number of hydrazine groups is 1. The zero-order chi connectivity index (χ0) is 21.7. The zero-order valence-corrected chi connectivity index (χ0v) is 17.3. The largest absolute Gasteiger partial charge is 0.285 e. The fraction of sp³-hybridized carbons (Fsp3) is 0.208. The Kier molecular flexibility index (Phi) is 5.84. The van der Waals surface area contributed by atoms with Crippen molar-refractivity contribution < 1.29 is 9.59 Å². The number of hydrogen-bond acceptors (Lipinski definition) is 5. The Morgan fingerprint density at radius 3 is 1.81 bits per heavy atom. The van der Waals surface area contributed by atoms with E-state index in [0.29, 0.717) is 23.5 Å². The van der Waals surface area contributed by atoms with Crippen molar-refractivity contribution in [2.24, 2.45) is 10.2 Å². The van der Waals surface area contributed by atoms with E-state index < -0.39 is 17.4 Å². The van der Waals surface area contributed by atoms with E-state index in [4.69, 9.17) is 0 Å². The molecular formula is C24H23N5O2. The number of azo groups is 1. The van der Waals surface area contributed by atoms with Crippen molar-refractivity contribution in [2.45, 2.75) is 31.7 Å². The van der Waals surface area contributed by atoms with Crippen molar-refractivity contribution >= 4 is 28.9 Å². The standard InChI is InChI=1S/C24H23N5O2/c1-2-3-16-24(27-26-19-14-17-25-18-15-19)22(30)28(20-10-6-4-7-11-20)29(23(24)31)21-12-8-5-9-13-21/h4-15,17-18H,2-3,16H2,1H3. The van der Waals surface area contributed by atoms with Gasteiger partial charge in [0.2, 0.25) is 5.54 Å². The Bertz CT molecular complexity index is 1010. The number of para-hydroxylation sites is 2. The highest BCUT2D eigenvalue weighted by Gasteiger charge is 2.60. The third kappa shape index (κ3) is 3.82. The lowest BCUT2D eigenvalue weighted by Gasteiger charge is -2.27. The second-order valence-corrected chi connectivity index (χ2v) is 7.27. The molecule has 7 heteroatoms. The van der Waals surface area contributed by atoms with Crippen molar-refractivity contribution in [2.75, 3.05) is 10.0 Å². The van der Waals surface area contributed by atoms with E-state index >= 15 is 0 Å². The van der Waals surface area contributed by atoms with Gasteiger partial charge in [-0.3, -0.25) is 14.6 Å². The number of rotatable bonds is 7. The van der Waals surface area contributed by atoms with E-state index in [0.717, 1.165) is 6.42 Å². The highest BCUT2D eigenvalue weighted by Crippen LogP contribution is 2.39. The van der Waals surface area contributed by atoms with Crippen molar-refractivity contribution in [1.29, 1.82) is 0 Å². The molecule has 0 radical (unpaired) electrons. The van der Waals surface area contributed by atoms with Crippen molar-refractivity contribution in [3.63, 3.8) is 0 Å². The molecular weight excluding hydrogens is 390 g/mol. The van der Waals surface area contributed by atoms with Crippen LogP contribution in [0, 0.1) is 0 Å². The number of unbranched alkanes of at least 4 members (excludes halogenated alkanes) is 1. The first-order valence-electron chi connectivity index (χ1n) is 10.3. The van der Waals surface area contributed by atoms with E-state index in [-0.39, 0.29) is 6.42 Å². The summed E-state index contributed by atoms with van der Waals surface area (Å²) in [4.78, 5) is 31.7. The molecule has 2 heterocycles. The summed E-state index contributed by atoms with van der Waals surface area (Å²) < 4.78 is 0. The van der Waals surface area contributed by atoms with Crippen LogP contribution in [-0.4, -0.2) is 22.3 Å². The van der Waals surface area contributed by atoms with E-state index in [1.807, 2.05) is 43.3 Å². The normalized spacial score (nSPS) is 15.8. The molecule has 1 aliphatic rings.